The molecule has 106 valence electrons. The lowest BCUT2D eigenvalue weighted by Crippen LogP contribution is -2.13. The molecule has 0 saturated carbocycles. The number of halogens is 2. The summed E-state index contributed by atoms with van der Waals surface area (Å²) in [6.45, 7) is 0. The fourth-order valence-corrected chi connectivity index (χ4v) is 1.97. The summed E-state index contributed by atoms with van der Waals surface area (Å²) in [5.74, 6) is -2.04. The maximum Gasteiger partial charge on any atom is 0.255 e. The number of rotatable bonds is 2. The van der Waals surface area contributed by atoms with Crippen molar-refractivity contribution < 1.29 is 13.6 Å². The average molecular weight is 288 g/mol. The van der Waals surface area contributed by atoms with Gasteiger partial charge >= 0.3 is 0 Å². The fraction of sp³-hybridized carbons (Fsp3) is 0.0714. The summed E-state index contributed by atoms with van der Waals surface area (Å²) >= 11 is 0. The van der Waals surface area contributed by atoms with Gasteiger partial charge in [-0.2, -0.15) is 0 Å². The van der Waals surface area contributed by atoms with Crippen molar-refractivity contribution in [3.05, 3.63) is 53.6 Å². The predicted octanol–water partition coefficient (Wildman–Crippen LogP) is 2.50. The minimum absolute atomic E-state index is 0.0827. The second-order valence-corrected chi connectivity index (χ2v) is 4.49. The van der Waals surface area contributed by atoms with Crippen LogP contribution in [0.3, 0.4) is 0 Å². The van der Waals surface area contributed by atoms with Crippen molar-refractivity contribution >= 4 is 22.6 Å². The Bertz CT molecular complexity index is 844. The Morgan fingerprint density at radius 3 is 2.76 bits per heavy atom. The SMILES string of the molecule is Cn1nnc2cc(C(=O)Nc3ccc(F)cc3F)ccc21. The molecule has 1 aromatic heterocycles. The predicted molar refractivity (Wildman–Crippen MR) is 72.8 cm³/mol. The molecule has 0 aliphatic carbocycles. The maximum absolute atomic E-state index is 13.5. The third-order valence-electron chi connectivity index (χ3n) is 3.05. The summed E-state index contributed by atoms with van der Waals surface area (Å²) in [7, 11) is 1.74. The van der Waals surface area contributed by atoms with Gasteiger partial charge in [-0.3, -0.25) is 4.79 Å². The van der Waals surface area contributed by atoms with Crippen LogP contribution in [0.4, 0.5) is 14.5 Å². The molecule has 3 rings (SSSR count). The van der Waals surface area contributed by atoms with Crippen LogP contribution in [0.15, 0.2) is 36.4 Å². The number of aromatic nitrogens is 3. The van der Waals surface area contributed by atoms with Crippen molar-refractivity contribution in [3.8, 4) is 0 Å². The first-order valence-electron chi connectivity index (χ1n) is 6.10. The van der Waals surface area contributed by atoms with Crippen molar-refractivity contribution in [2.24, 2.45) is 7.05 Å². The van der Waals surface area contributed by atoms with Gasteiger partial charge in [-0.15, -0.1) is 5.10 Å². The number of nitrogens with zero attached hydrogens (tertiary/aromatic N) is 3. The minimum Gasteiger partial charge on any atom is -0.319 e. The van der Waals surface area contributed by atoms with Crippen LogP contribution >= 0.6 is 0 Å². The molecule has 0 fully saturated rings. The van der Waals surface area contributed by atoms with Crippen molar-refractivity contribution in [2.75, 3.05) is 5.32 Å². The highest BCUT2D eigenvalue weighted by Crippen LogP contribution is 2.18. The second kappa shape index (κ2) is 4.93. The number of carbonyl (C=O) groups excluding carboxylic acids is 1. The molecule has 1 amide bonds. The average Bonchev–Trinajstić information content (AvgIpc) is 2.83. The topological polar surface area (TPSA) is 59.8 Å². The zero-order valence-electron chi connectivity index (χ0n) is 11.0. The number of hydrogen-bond donors (Lipinski definition) is 1. The Labute approximate surface area is 118 Å². The number of amides is 1. The Balaban J connectivity index is 1.89. The number of nitrogens with one attached hydrogen (secondary N) is 1. The van der Waals surface area contributed by atoms with E-state index < -0.39 is 17.5 Å². The van der Waals surface area contributed by atoms with E-state index in [1.165, 1.54) is 6.07 Å². The zero-order valence-corrected chi connectivity index (χ0v) is 11.0. The highest BCUT2D eigenvalue weighted by Gasteiger charge is 2.12. The number of hydrogen-bond acceptors (Lipinski definition) is 3. The van der Waals surface area contributed by atoms with Gasteiger partial charge in [0.2, 0.25) is 0 Å². The largest absolute Gasteiger partial charge is 0.319 e. The number of fused-ring (bicyclic) bond motifs is 1. The maximum atomic E-state index is 13.5. The van der Waals surface area contributed by atoms with Crippen molar-refractivity contribution in [3.63, 3.8) is 0 Å². The van der Waals surface area contributed by atoms with Crippen LogP contribution in [0.5, 0.6) is 0 Å². The molecule has 1 N–H and O–H groups in total. The van der Waals surface area contributed by atoms with Gasteiger partial charge in [0.05, 0.1) is 11.2 Å². The summed E-state index contributed by atoms with van der Waals surface area (Å²) < 4.78 is 27.9. The van der Waals surface area contributed by atoms with E-state index in [-0.39, 0.29) is 5.69 Å². The van der Waals surface area contributed by atoms with E-state index in [9.17, 15) is 13.6 Å². The molecule has 0 saturated heterocycles. The molecule has 0 unspecified atom stereocenters. The molecule has 0 spiro atoms. The Morgan fingerprint density at radius 1 is 1.19 bits per heavy atom. The van der Waals surface area contributed by atoms with Gasteiger partial charge in [-0.25, -0.2) is 13.5 Å². The van der Waals surface area contributed by atoms with Crippen molar-refractivity contribution in [1.82, 2.24) is 15.0 Å². The monoisotopic (exact) mass is 288 g/mol. The minimum atomic E-state index is -0.830. The molecular weight excluding hydrogens is 278 g/mol. The molecule has 5 nitrogen and oxygen atoms in total. The van der Waals surface area contributed by atoms with E-state index in [1.807, 2.05) is 0 Å². The lowest BCUT2D eigenvalue weighted by molar-refractivity contribution is 0.102. The van der Waals surface area contributed by atoms with Gasteiger partial charge in [0.25, 0.3) is 5.91 Å². The summed E-state index contributed by atoms with van der Waals surface area (Å²) in [5, 5.41) is 10.1. The number of aryl methyl sites for hydroxylation is 1. The van der Waals surface area contributed by atoms with Gasteiger partial charge in [-0.05, 0) is 30.3 Å². The first-order valence-corrected chi connectivity index (χ1v) is 6.10. The highest BCUT2D eigenvalue weighted by molar-refractivity contribution is 6.05. The van der Waals surface area contributed by atoms with E-state index in [1.54, 1.807) is 29.9 Å². The van der Waals surface area contributed by atoms with Crippen LogP contribution in [0.1, 0.15) is 10.4 Å². The standard InChI is InChI=1S/C14H10F2N4O/c1-20-13-5-2-8(6-12(13)18-19-20)14(21)17-11-4-3-9(15)7-10(11)16/h2-7H,1H3,(H,17,21). The van der Waals surface area contributed by atoms with E-state index in [2.05, 4.69) is 15.6 Å². The van der Waals surface area contributed by atoms with E-state index in [4.69, 9.17) is 0 Å². The highest BCUT2D eigenvalue weighted by atomic mass is 19.1. The van der Waals surface area contributed by atoms with Gasteiger partial charge in [-0.1, -0.05) is 5.21 Å². The third kappa shape index (κ3) is 2.45. The quantitative estimate of drug-likeness (QED) is 0.788. The summed E-state index contributed by atoms with van der Waals surface area (Å²) in [6, 6.07) is 7.79. The van der Waals surface area contributed by atoms with E-state index in [0.29, 0.717) is 17.1 Å². The number of anilines is 1. The van der Waals surface area contributed by atoms with E-state index in [0.717, 1.165) is 11.6 Å². The van der Waals surface area contributed by atoms with Crippen LogP contribution in [0.25, 0.3) is 11.0 Å². The van der Waals surface area contributed by atoms with Crippen LogP contribution < -0.4 is 5.32 Å². The van der Waals surface area contributed by atoms with Gasteiger partial charge in [0.1, 0.15) is 17.2 Å². The zero-order chi connectivity index (χ0) is 15.0. The number of carbonyl (C=O) groups is 1. The molecule has 1 heterocycles. The van der Waals surface area contributed by atoms with Crippen LogP contribution in [0.2, 0.25) is 0 Å². The smallest absolute Gasteiger partial charge is 0.255 e. The molecule has 0 atom stereocenters. The summed E-state index contributed by atoms with van der Waals surface area (Å²) in [5.41, 5.74) is 1.57. The van der Waals surface area contributed by atoms with Crippen LogP contribution in [-0.2, 0) is 7.05 Å². The lowest BCUT2D eigenvalue weighted by atomic mass is 10.2. The van der Waals surface area contributed by atoms with Crippen molar-refractivity contribution in [1.29, 1.82) is 0 Å². The molecule has 0 radical (unpaired) electrons. The molecule has 21 heavy (non-hydrogen) atoms. The normalized spacial score (nSPS) is 10.8. The lowest BCUT2D eigenvalue weighted by Gasteiger charge is -2.06. The molecular formula is C14H10F2N4O. The number of benzene rings is 2. The first-order chi connectivity index (χ1) is 10.0. The molecule has 7 heteroatoms. The summed E-state index contributed by atoms with van der Waals surface area (Å²) in [6.07, 6.45) is 0. The Hall–Kier alpha value is -2.83. The van der Waals surface area contributed by atoms with Gasteiger partial charge < -0.3 is 5.32 Å². The van der Waals surface area contributed by atoms with Crippen LogP contribution in [-0.4, -0.2) is 20.9 Å². The van der Waals surface area contributed by atoms with Gasteiger partial charge in [0, 0.05) is 18.7 Å². The third-order valence-corrected chi connectivity index (χ3v) is 3.05. The molecule has 0 aliphatic rings. The fourth-order valence-electron chi connectivity index (χ4n) is 1.97. The Kier molecular flexibility index (Phi) is 3.09. The van der Waals surface area contributed by atoms with Gasteiger partial charge in [0.15, 0.2) is 0 Å². The first kappa shape index (κ1) is 13.2. The second-order valence-electron chi connectivity index (χ2n) is 4.49. The summed E-state index contributed by atoms with van der Waals surface area (Å²) in [4.78, 5) is 12.1. The molecule has 0 bridgehead atoms. The van der Waals surface area contributed by atoms with E-state index >= 15 is 0 Å². The molecule has 3 aromatic rings. The molecule has 2 aromatic carbocycles. The Morgan fingerprint density at radius 2 is 2.00 bits per heavy atom. The van der Waals surface area contributed by atoms with Crippen molar-refractivity contribution in [2.45, 2.75) is 0 Å². The molecule has 0 aliphatic heterocycles. The van der Waals surface area contributed by atoms with Crippen LogP contribution in [0, 0.1) is 11.6 Å².